The molecule has 0 spiro atoms. The van der Waals surface area contributed by atoms with Crippen LogP contribution in [0.4, 0.5) is 13.9 Å². The molecular weight excluding hydrogens is 298 g/mol. The lowest BCUT2D eigenvalue weighted by Gasteiger charge is -2.33. The van der Waals surface area contributed by atoms with Crippen LogP contribution in [-0.4, -0.2) is 53.1 Å². The topological polar surface area (TPSA) is 49.3 Å². The molecule has 21 heavy (non-hydrogen) atoms. The first kappa shape index (κ1) is 14.6. The second-order valence-corrected chi connectivity index (χ2v) is 6.88. The lowest BCUT2D eigenvalue weighted by Crippen LogP contribution is -2.45. The molecule has 0 N–H and O–H groups in total. The highest BCUT2D eigenvalue weighted by Gasteiger charge is 2.39. The van der Waals surface area contributed by atoms with E-state index in [9.17, 15) is 13.6 Å². The third-order valence-electron chi connectivity index (χ3n) is 4.13. The van der Waals surface area contributed by atoms with E-state index in [0.717, 1.165) is 23.1 Å². The summed E-state index contributed by atoms with van der Waals surface area (Å²) < 4.78 is 26.3. The number of carbonyl (C=O) groups excluding carboxylic acids is 1. The van der Waals surface area contributed by atoms with E-state index in [4.69, 9.17) is 0 Å². The van der Waals surface area contributed by atoms with Crippen LogP contribution in [0.3, 0.4) is 0 Å². The van der Waals surface area contributed by atoms with Crippen molar-refractivity contribution >= 4 is 22.4 Å². The number of aryl methyl sites for hydroxylation is 1. The number of likely N-dealkylation sites (tertiary alicyclic amines) is 1. The summed E-state index contributed by atoms with van der Waals surface area (Å²) >= 11 is 1.51. The first-order valence-corrected chi connectivity index (χ1v) is 7.98. The van der Waals surface area contributed by atoms with E-state index < -0.39 is 5.92 Å². The van der Waals surface area contributed by atoms with E-state index in [1.54, 1.807) is 4.90 Å². The van der Waals surface area contributed by atoms with Crippen LogP contribution in [0.25, 0.3) is 0 Å². The van der Waals surface area contributed by atoms with Gasteiger partial charge in [-0.05, 0) is 13.3 Å². The Morgan fingerprint density at radius 3 is 2.62 bits per heavy atom. The molecule has 2 aliphatic heterocycles. The number of hydrogen-bond donors (Lipinski definition) is 0. The van der Waals surface area contributed by atoms with Gasteiger partial charge in [0.2, 0.25) is 11.0 Å². The maximum atomic E-state index is 13.1. The summed E-state index contributed by atoms with van der Waals surface area (Å²) in [5.74, 6) is -2.71. The highest BCUT2D eigenvalue weighted by Crippen LogP contribution is 2.31. The van der Waals surface area contributed by atoms with Crippen LogP contribution in [0.1, 0.15) is 24.3 Å². The number of carbonyl (C=O) groups is 1. The molecule has 2 fully saturated rings. The average molecular weight is 316 g/mol. The minimum atomic E-state index is -2.61. The van der Waals surface area contributed by atoms with Crippen molar-refractivity contribution in [3.63, 3.8) is 0 Å². The number of alkyl halides is 2. The fraction of sp³-hybridized carbons (Fsp3) is 0.769. The molecule has 2 saturated heterocycles. The maximum Gasteiger partial charge on any atom is 0.251 e. The van der Waals surface area contributed by atoms with E-state index >= 15 is 0 Å². The first-order valence-electron chi connectivity index (χ1n) is 7.16. The maximum absolute atomic E-state index is 13.1. The Balaban J connectivity index is 1.57. The molecule has 0 aliphatic carbocycles. The molecular formula is C13H18F2N4OS. The third kappa shape index (κ3) is 3.14. The molecule has 1 atom stereocenters. The summed E-state index contributed by atoms with van der Waals surface area (Å²) in [5, 5.41) is 9.82. The Kier molecular flexibility index (Phi) is 3.81. The quantitative estimate of drug-likeness (QED) is 0.836. The second-order valence-electron chi connectivity index (χ2n) is 5.72. The Morgan fingerprint density at radius 1 is 1.29 bits per heavy atom. The molecule has 116 valence electrons. The van der Waals surface area contributed by atoms with Gasteiger partial charge >= 0.3 is 0 Å². The number of anilines is 1. The summed E-state index contributed by atoms with van der Waals surface area (Å²) in [6.07, 6.45) is 0.319. The summed E-state index contributed by atoms with van der Waals surface area (Å²) in [4.78, 5) is 16.1. The van der Waals surface area contributed by atoms with Crippen LogP contribution in [0.5, 0.6) is 0 Å². The number of piperidine rings is 1. The summed E-state index contributed by atoms with van der Waals surface area (Å²) in [6, 6.07) is 0. The molecule has 2 aliphatic rings. The van der Waals surface area contributed by atoms with Gasteiger partial charge < -0.3 is 9.80 Å². The molecule has 5 nitrogen and oxygen atoms in total. The van der Waals surface area contributed by atoms with E-state index in [1.807, 2.05) is 6.92 Å². The van der Waals surface area contributed by atoms with Crippen molar-refractivity contribution in [3.8, 4) is 0 Å². The van der Waals surface area contributed by atoms with Crippen LogP contribution >= 0.6 is 11.3 Å². The lowest BCUT2D eigenvalue weighted by atomic mass is 10.0. The van der Waals surface area contributed by atoms with Gasteiger partial charge in [0.25, 0.3) is 5.92 Å². The Hall–Kier alpha value is -1.31. The van der Waals surface area contributed by atoms with Crippen LogP contribution in [0.15, 0.2) is 0 Å². The van der Waals surface area contributed by atoms with Crippen molar-refractivity contribution < 1.29 is 13.6 Å². The van der Waals surface area contributed by atoms with Gasteiger partial charge in [-0.15, -0.1) is 10.2 Å². The first-order chi connectivity index (χ1) is 9.94. The van der Waals surface area contributed by atoms with Gasteiger partial charge in [-0.1, -0.05) is 11.3 Å². The molecule has 8 heteroatoms. The summed E-state index contributed by atoms with van der Waals surface area (Å²) in [5.41, 5.74) is 0. The van der Waals surface area contributed by atoms with Crippen molar-refractivity contribution in [3.05, 3.63) is 5.01 Å². The molecule has 0 saturated carbocycles. The van der Waals surface area contributed by atoms with Crippen LogP contribution in [0, 0.1) is 12.8 Å². The van der Waals surface area contributed by atoms with E-state index in [2.05, 4.69) is 15.1 Å². The molecule has 1 aromatic heterocycles. The molecule has 1 amide bonds. The summed E-state index contributed by atoms with van der Waals surface area (Å²) in [7, 11) is 0. The fourth-order valence-electron chi connectivity index (χ4n) is 2.86. The number of halogens is 2. The zero-order valence-corrected chi connectivity index (χ0v) is 12.7. The van der Waals surface area contributed by atoms with E-state index in [0.29, 0.717) is 6.54 Å². The second kappa shape index (κ2) is 5.47. The van der Waals surface area contributed by atoms with Crippen LogP contribution in [-0.2, 0) is 4.79 Å². The monoisotopic (exact) mass is 316 g/mol. The zero-order chi connectivity index (χ0) is 15.0. The van der Waals surface area contributed by atoms with Gasteiger partial charge in [0.1, 0.15) is 5.01 Å². The Labute approximate surface area is 125 Å². The van der Waals surface area contributed by atoms with Crippen molar-refractivity contribution in [1.29, 1.82) is 0 Å². The molecule has 3 rings (SSSR count). The van der Waals surface area contributed by atoms with Gasteiger partial charge in [0.05, 0.1) is 5.92 Å². The highest BCUT2D eigenvalue weighted by molar-refractivity contribution is 7.15. The lowest BCUT2D eigenvalue weighted by molar-refractivity contribution is -0.140. The van der Waals surface area contributed by atoms with Gasteiger partial charge in [-0.3, -0.25) is 4.79 Å². The van der Waals surface area contributed by atoms with E-state index in [1.165, 1.54) is 11.3 Å². The average Bonchev–Trinajstić information content (AvgIpc) is 3.06. The number of amides is 1. The molecule has 0 aromatic carbocycles. The SMILES string of the molecule is Cc1nnc(N2CCC(C(=O)N3CCC(F)(F)CC3)C2)s1. The van der Waals surface area contributed by atoms with Crippen molar-refractivity contribution in [2.75, 3.05) is 31.1 Å². The number of hydrogen-bond acceptors (Lipinski definition) is 5. The van der Waals surface area contributed by atoms with Crippen molar-refractivity contribution in [1.82, 2.24) is 15.1 Å². The number of nitrogens with zero attached hydrogens (tertiary/aromatic N) is 4. The Morgan fingerprint density at radius 2 is 2.00 bits per heavy atom. The highest BCUT2D eigenvalue weighted by atomic mass is 32.1. The van der Waals surface area contributed by atoms with Crippen LogP contribution in [0.2, 0.25) is 0 Å². The standard InChI is InChI=1S/C13H18F2N4OS/c1-9-16-17-12(21-9)19-5-2-10(8-19)11(20)18-6-3-13(14,15)4-7-18/h10H,2-8H2,1H3. The normalized spacial score (nSPS) is 25.4. The fourth-order valence-corrected chi connectivity index (χ4v) is 3.58. The Bertz CT molecular complexity index is 526. The van der Waals surface area contributed by atoms with Gasteiger partial charge in [0, 0.05) is 39.0 Å². The molecule has 0 radical (unpaired) electrons. The minimum absolute atomic E-state index is 0.00855. The van der Waals surface area contributed by atoms with Crippen LogP contribution < -0.4 is 4.90 Å². The predicted molar refractivity (Wildman–Crippen MR) is 75.7 cm³/mol. The van der Waals surface area contributed by atoms with E-state index in [-0.39, 0.29) is 37.8 Å². The summed E-state index contributed by atoms with van der Waals surface area (Å²) in [6.45, 7) is 3.61. The molecule has 3 heterocycles. The molecule has 1 aromatic rings. The van der Waals surface area contributed by atoms with Gasteiger partial charge in [-0.25, -0.2) is 8.78 Å². The minimum Gasteiger partial charge on any atom is -0.346 e. The third-order valence-corrected chi connectivity index (χ3v) is 5.03. The van der Waals surface area contributed by atoms with Crippen molar-refractivity contribution in [2.45, 2.75) is 32.1 Å². The van der Waals surface area contributed by atoms with Crippen molar-refractivity contribution in [2.24, 2.45) is 5.92 Å². The number of aromatic nitrogens is 2. The zero-order valence-electron chi connectivity index (χ0n) is 11.9. The predicted octanol–water partition coefficient (Wildman–Crippen LogP) is 1.93. The molecule has 0 bridgehead atoms. The largest absolute Gasteiger partial charge is 0.346 e. The van der Waals surface area contributed by atoms with Gasteiger partial charge in [0.15, 0.2) is 0 Å². The number of rotatable bonds is 2. The smallest absolute Gasteiger partial charge is 0.251 e. The van der Waals surface area contributed by atoms with Gasteiger partial charge in [-0.2, -0.15) is 0 Å². The molecule has 1 unspecified atom stereocenters.